The van der Waals surface area contributed by atoms with E-state index in [4.69, 9.17) is 27.9 Å². The van der Waals surface area contributed by atoms with Crippen LogP contribution in [0.1, 0.15) is 20.3 Å². The Balaban J connectivity index is 2.16. The van der Waals surface area contributed by atoms with Crippen LogP contribution in [0.3, 0.4) is 0 Å². The lowest BCUT2D eigenvalue weighted by atomic mass is 10.1. The number of ether oxygens (including phenoxy) is 1. The second-order valence-electron chi connectivity index (χ2n) is 4.36. The number of halogens is 2. The summed E-state index contributed by atoms with van der Waals surface area (Å²) in [6.07, 6.45) is 1.19. The molecule has 0 unspecified atom stereocenters. The Kier molecular flexibility index (Phi) is 6.71. The Hall–Kier alpha value is -0.440. The van der Waals surface area contributed by atoms with E-state index in [-0.39, 0.29) is 0 Å². The molecule has 0 amide bonds. The molecular formula is C13H19Cl2NO. The van der Waals surface area contributed by atoms with Crippen molar-refractivity contribution in [2.75, 3.05) is 19.7 Å². The van der Waals surface area contributed by atoms with Gasteiger partial charge in [-0.05, 0) is 31.0 Å². The van der Waals surface area contributed by atoms with Crippen LogP contribution in [-0.4, -0.2) is 19.7 Å². The summed E-state index contributed by atoms with van der Waals surface area (Å²) in [5.74, 6) is 1.49. The van der Waals surface area contributed by atoms with E-state index in [1.807, 2.05) is 6.07 Å². The van der Waals surface area contributed by atoms with Crippen molar-refractivity contribution in [3.8, 4) is 5.75 Å². The SMILES string of the molecule is CC(C)CCNCCOc1ccc(Cl)c(Cl)c1. The van der Waals surface area contributed by atoms with Crippen LogP contribution in [-0.2, 0) is 0 Å². The van der Waals surface area contributed by atoms with Crippen molar-refractivity contribution >= 4 is 23.2 Å². The topological polar surface area (TPSA) is 21.3 Å². The summed E-state index contributed by atoms with van der Waals surface area (Å²) >= 11 is 11.7. The molecule has 0 heterocycles. The van der Waals surface area contributed by atoms with Crippen molar-refractivity contribution in [1.29, 1.82) is 0 Å². The van der Waals surface area contributed by atoms with Gasteiger partial charge in [-0.2, -0.15) is 0 Å². The van der Waals surface area contributed by atoms with Crippen LogP contribution >= 0.6 is 23.2 Å². The van der Waals surface area contributed by atoms with Crippen LogP contribution in [0.2, 0.25) is 10.0 Å². The lowest BCUT2D eigenvalue weighted by Gasteiger charge is -2.09. The van der Waals surface area contributed by atoms with Gasteiger partial charge >= 0.3 is 0 Å². The summed E-state index contributed by atoms with van der Waals surface area (Å²) in [4.78, 5) is 0. The molecule has 1 aromatic rings. The molecular weight excluding hydrogens is 257 g/mol. The fourth-order valence-corrected chi connectivity index (χ4v) is 1.61. The highest BCUT2D eigenvalue weighted by atomic mass is 35.5. The zero-order chi connectivity index (χ0) is 12.7. The average molecular weight is 276 g/mol. The first-order chi connectivity index (χ1) is 8.09. The van der Waals surface area contributed by atoms with E-state index in [9.17, 15) is 0 Å². The van der Waals surface area contributed by atoms with Crippen LogP contribution in [0.25, 0.3) is 0 Å². The van der Waals surface area contributed by atoms with Crippen LogP contribution in [0.4, 0.5) is 0 Å². The number of nitrogens with one attached hydrogen (secondary N) is 1. The maximum atomic E-state index is 5.88. The lowest BCUT2D eigenvalue weighted by Crippen LogP contribution is -2.23. The highest BCUT2D eigenvalue weighted by Crippen LogP contribution is 2.26. The van der Waals surface area contributed by atoms with Crippen molar-refractivity contribution in [3.05, 3.63) is 28.2 Å². The largest absolute Gasteiger partial charge is 0.492 e. The predicted octanol–water partition coefficient (Wildman–Crippen LogP) is 4.01. The first-order valence-electron chi connectivity index (χ1n) is 5.88. The van der Waals surface area contributed by atoms with Crippen LogP contribution < -0.4 is 10.1 Å². The number of hydrogen-bond donors (Lipinski definition) is 1. The summed E-state index contributed by atoms with van der Waals surface area (Å²) in [7, 11) is 0. The highest BCUT2D eigenvalue weighted by molar-refractivity contribution is 6.42. The van der Waals surface area contributed by atoms with Crippen molar-refractivity contribution in [3.63, 3.8) is 0 Å². The summed E-state index contributed by atoms with van der Waals surface area (Å²) < 4.78 is 5.54. The molecule has 0 fully saturated rings. The molecule has 2 nitrogen and oxygen atoms in total. The van der Waals surface area contributed by atoms with Gasteiger partial charge in [0.2, 0.25) is 0 Å². The molecule has 0 aliphatic rings. The van der Waals surface area contributed by atoms with E-state index in [2.05, 4.69) is 19.2 Å². The van der Waals surface area contributed by atoms with E-state index in [1.165, 1.54) is 6.42 Å². The maximum Gasteiger partial charge on any atom is 0.120 e. The summed E-state index contributed by atoms with van der Waals surface area (Å²) in [6.45, 7) is 6.94. The van der Waals surface area contributed by atoms with Gasteiger partial charge in [0, 0.05) is 12.6 Å². The van der Waals surface area contributed by atoms with E-state index >= 15 is 0 Å². The van der Waals surface area contributed by atoms with Gasteiger partial charge in [-0.1, -0.05) is 37.0 Å². The van der Waals surface area contributed by atoms with Crippen LogP contribution in [0.5, 0.6) is 5.75 Å². The first-order valence-corrected chi connectivity index (χ1v) is 6.63. The lowest BCUT2D eigenvalue weighted by molar-refractivity contribution is 0.312. The van der Waals surface area contributed by atoms with Crippen molar-refractivity contribution in [1.82, 2.24) is 5.32 Å². The zero-order valence-corrected chi connectivity index (χ0v) is 11.8. The first kappa shape index (κ1) is 14.6. The third-order valence-corrected chi connectivity index (χ3v) is 3.08. The Morgan fingerprint density at radius 1 is 1.18 bits per heavy atom. The van der Waals surface area contributed by atoms with Gasteiger partial charge in [-0.25, -0.2) is 0 Å². The van der Waals surface area contributed by atoms with Gasteiger partial charge in [0.1, 0.15) is 12.4 Å². The van der Waals surface area contributed by atoms with Crippen LogP contribution in [0.15, 0.2) is 18.2 Å². The zero-order valence-electron chi connectivity index (χ0n) is 10.3. The highest BCUT2D eigenvalue weighted by Gasteiger charge is 2.00. The fourth-order valence-electron chi connectivity index (χ4n) is 1.32. The molecule has 0 aliphatic heterocycles. The molecule has 1 rings (SSSR count). The van der Waals surface area contributed by atoms with E-state index < -0.39 is 0 Å². The molecule has 4 heteroatoms. The minimum Gasteiger partial charge on any atom is -0.492 e. The van der Waals surface area contributed by atoms with Crippen molar-refractivity contribution in [2.45, 2.75) is 20.3 Å². The standard InChI is InChI=1S/C13H19Cl2NO/c1-10(2)5-6-16-7-8-17-11-3-4-12(14)13(15)9-11/h3-4,9-10,16H,5-8H2,1-2H3. The van der Waals surface area contributed by atoms with Gasteiger partial charge in [-0.15, -0.1) is 0 Å². The third-order valence-electron chi connectivity index (χ3n) is 2.34. The van der Waals surface area contributed by atoms with E-state index in [0.29, 0.717) is 16.7 Å². The molecule has 0 saturated carbocycles. The second-order valence-corrected chi connectivity index (χ2v) is 5.17. The van der Waals surface area contributed by atoms with Gasteiger partial charge in [-0.3, -0.25) is 0 Å². The minimum atomic E-state index is 0.525. The van der Waals surface area contributed by atoms with Crippen molar-refractivity contribution in [2.24, 2.45) is 5.92 Å². The average Bonchev–Trinajstić information content (AvgIpc) is 2.27. The van der Waals surface area contributed by atoms with Crippen molar-refractivity contribution < 1.29 is 4.74 Å². The third kappa shape index (κ3) is 6.16. The smallest absolute Gasteiger partial charge is 0.120 e. The second kappa shape index (κ2) is 7.80. The number of benzene rings is 1. The molecule has 0 atom stereocenters. The predicted molar refractivity (Wildman–Crippen MR) is 74.3 cm³/mol. The summed E-state index contributed by atoms with van der Waals surface area (Å²) in [6, 6.07) is 5.30. The quantitative estimate of drug-likeness (QED) is 0.760. The molecule has 0 aliphatic carbocycles. The minimum absolute atomic E-state index is 0.525. The summed E-state index contributed by atoms with van der Waals surface area (Å²) in [5, 5.41) is 4.40. The van der Waals surface area contributed by atoms with E-state index in [1.54, 1.807) is 12.1 Å². The molecule has 1 N–H and O–H groups in total. The maximum absolute atomic E-state index is 5.88. The Labute approximate surface area is 113 Å². The molecule has 0 radical (unpaired) electrons. The number of rotatable bonds is 7. The molecule has 0 bridgehead atoms. The Bertz CT molecular complexity index is 342. The Morgan fingerprint density at radius 3 is 2.59 bits per heavy atom. The Morgan fingerprint density at radius 2 is 1.94 bits per heavy atom. The van der Waals surface area contributed by atoms with Gasteiger partial charge < -0.3 is 10.1 Å². The monoisotopic (exact) mass is 275 g/mol. The fraction of sp³-hybridized carbons (Fsp3) is 0.538. The molecule has 0 spiro atoms. The normalized spacial score (nSPS) is 10.9. The van der Waals surface area contributed by atoms with Gasteiger partial charge in [0.15, 0.2) is 0 Å². The van der Waals surface area contributed by atoms with Crippen LogP contribution in [0, 0.1) is 5.92 Å². The molecule has 0 aromatic heterocycles. The molecule has 96 valence electrons. The van der Waals surface area contributed by atoms with Gasteiger partial charge in [0.25, 0.3) is 0 Å². The number of hydrogen-bond acceptors (Lipinski definition) is 2. The molecule has 0 saturated heterocycles. The van der Waals surface area contributed by atoms with E-state index in [0.717, 1.165) is 24.8 Å². The van der Waals surface area contributed by atoms with Gasteiger partial charge in [0.05, 0.1) is 10.0 Å². The molecule has 1 aromatic carbocycles. The molecule has 17 heavy (non-hydrogen) atoms. The summed E-state index contributed by atoms with van der Waals surface area (Å²) in [5.41, 5.74) is 0.